The van der Waals surface area contributed by atoms with E-state index in [1.54, 1.807) is 0 Å². The van der Waals surface area contributed by atoms with Crippen molar-refractivity contribution in [2.24, 2.45) is 0 Å². The summed E-state index contributed by atoms with van der Waals surface area (Å²) >= 11 is 0. The number of benzene rings is 1. The van der Waals surface area contributed by atoms with Gasteiger partial charge in [0.15, 0.2) is 6.54 Å². The number of aryl methyl sites for hydroxylation is 2. The lowest BCUT2D eigenvalue weighted by atomic mass is 10.2. The van der Waals surface area contributed by atoms with E-state index in [2.05, 4.69) is 5.10 Å². The number of aromatic nitrogens is 2. The summed E-state index contributed by atoms with van der Waals surface area (Å²) in [5.41, 5.74) is 1.02. The summed E-state index contributed by atoms with van der Waals surface area (Å²) in [6.45, 7) is 4.80. The van der Waals surface area contributed by atoms with Gasteiger partial charge in [-0.05, 0) is 19.1 Å². The summed E-state index contributed by atoms with van der Waals surface area (Å²) in [7, 11) is 0. The van der Waals surface area contributed by atoms with Crippen LogP contribution in [0.15, 0.2) is 34.7 Å². The van der Waals surface area contributed by atoms with Gasteiger partial charge >= 0.3 is 5.89 Å². The zero-order chi connectivity index (χ0) is 9.97. The SMILES string of the molecule is CC[n+]1nc(-c2ccccc2)oc1C. The van der Waals surface area contributed by atoms with Crippen LogP contribution in [0, 0.1) is 6.92 Å². The van der Waals surface area contributed by atoms with E-state index < -0.39 is 0 Å². The second kappa shape index (κ2) is 3.62. The van der Waals surface area contributed by atoms with Crippen LogP contribution >= 0.6 is 0 Å². The molecule has 1 aromatic carbocycles. The van der Waals surface area contributed by atoms with E-state index in [1.165, 1.54) is 0 Å². The van der Waals surface area contributed by atoms with E-state index in [4.69, 9.17) is 4.42 Å². The van der Waals surface area contributed by atoms with E-state index in [1.807, 2.05) is 48.9 Å². The van der Waals surface area contributed by atoms with Gasteiger partial charge in [-0.2, -0.15) is 0 Å². The summed E-state index contributed by atoms with van der Waals surface area (Å²) in [5, 5.41) is 4.35. The molecule has 0 unspecified atom stereocenters. The van der Waals surface area contributed by atoms with E-state index in [0.717, 1.165) is 18.0 Å². The molecule has 3 heteroatoms. The molecule has 0 amide bonds. The van der Waals surface area contributed by atoms with Crippen LogP contribution in [-0.4, -0.2) is 5.10 Å². The van der Waals surface area contributed by atoms with Gasteiger partial charge in [-0.25, -0.2) is 0 Å². The highest BCUT2D eigenvalue weighted by atomic mass is 16.4. The van der Waals surface area contributed by atoms with Crippen molar-refractivity contribution in [3.63, 3.8) is 0 Å². The van der Waals surface area contributed by atoms with Gasteiger partial charge in [0.05, 0.1) is 6.92 Å². The Bertz CT molecular complexity index is 420. The van der Waals surface area contributed by atoms with Crippen molar-refractivity contribution in [1.82, 2.24) is 5.10 Å². The number of hydrogen-bond donors (Lipinski definition) is 0. The fourth-order valence-electron chi connectivity index (χ4n) is 1.38. The zero-order valence-corrected chi connectivity index (χ0v) is 8.40. The third-order valence-electron chi connectivity index (χ3n) is 2.14. The molecule has 0 N–H and O–H groups in total. The Hall–Kier alpha value is -1.64. The average molecular weight is 189 g/mol. The van der Waals surface area contributed by atoms with Crippen molar-refractivity contribution in [2.45, 2.75) is 20.4 Å². The minimum absolute atomic E-state index is 0.685. The molecule has 2 aromatic rings. The fourth-order valence-corrected chi connectivity index (χ4v) is 1.38. The maximum absolute atomic E-state index is 5.54. The Labute approximate surface area is 83.0 Å². The standard InChI is InChI=1S/C11H13N2O/c1-3-13-9(2)14-11(12-13)10-7-5-4-6-8-10/h4-8H,3H2,1-2H3/q+1. The summed E-state index contributed by atoms with van der Waals surface area (Å²) in [5.74, 6) is 1.52. The highest BCUT2D eigenvalue weighted by Gasteiger charge is 2.16. The van der Waals surface area contributed by atoms with Gasteiger partial charge in [0, 0.05) is 10.7 Å². The van der Waals surface area contributed by atoms with Crippen LogP contribution in [0.4, 0.5) is 0 Å². The maximum Gasteiger partial charge on any atom is 0.371 e. The van der Waals surface area contributed by atoms with Gasteiger partial charge in [0.25, 0.3) is 5.89 Å². The van der Waals surface area contributed by atoms with Crippen molar-refractivity contribution >= 4 is 0 Å². The second-order valence-corrected chi connectivity index (χ2v) is 3.11. The molecule has 0 aliphatic heterocycles. The molecule has 0 saturated heterocycles. The molecule has 0 aliphatic carbocycles. The lowest BCUT2D eigenvalue weighted by Crippen LogP contribution is -2.36. The van der Waals surface area contributed by atoms with Crippen molar-refractivity contribution in [3.05, 3.63) is 36.2 Å². The van der Waals surface area contributed by atoms with Gasteiger partial charge in [0.2, 0.25) is 0 Å². The predicted octanol–water partition coefficient (Wildman–Crippen LogP) is 1.96. The van der Waals surface area contributed by atoms with Crippen LogP contribution in [0.1, 0.15) is 12.8 Å². The normalized spacial score (nSPS) is 10.4. The maximum atomic E-state index is 5.54. The summed E-state index contributed by atoms with van der Waals surface area (Å²) < 4.78 is 7.39. The Morgan fingerprint density at radius 3 is 2.57 bits per heavy atom. The molecule has 1 heterocycles. The Balaban J connectivity index is 2.43. The van der Waals surface area contributed by atoms with Crippen LogP contribution in [-0.2, 0) is 6.54 Å². The van der Waals surface area contributed by atoms with Crippen LogP contribution < -0.4 is 4.68 Å². The molecule has 0 atom stereocenters. The van der Waals surface area contributed by atoms with Crippen molar-refractivity contribution in [3.8, 4) is 11.5 Å². The molecule has 2 rings (SSSR count). The van der Waals surface area contributed by atoms with Crippen LogP contribution in [0.2, 0.25) is 0 Å². The van der Waals surface area contributed by atoms with Crippen molar-refractivity contribution in [1.29, 1.82) is 0 Å². The minimum Gasteiger partial charge on any atom is -0.381 e. The smallest absolute Gasteiger partial charge is 0.371 e. The highest BCUT2D eigenvalue weighted by molar-refractivity contribution is 5.51. The van der Waals surface area contributed by atoms with Crippen molar-refractivity contribution < 1.29 is 9.10 Å². The molecule has 14 heavy (non-hydrogen) atoms. The molecular weight excluding hydrogens is 176 g/mol. The van der Waals surface area contributed by atoms with Crippen LogP contribution in [0.3, 0.4) is 0 Å². The first-order chi connectivity index (χ1) is 6.81. The second-order valence-electron chi connectivity index (χ2n) is 3.11. The number of hydrogen-bond acceptors (Lipinski definition) is 2. The summed E-state index contributed by atoms with van der Waals surface area (Å²) in [4.78, 5) is 0. The van der Waals surface area contributed by atoms with E-state index >= 15 is 0 Å². The first-order valence-electron chi connectivity index (χ1n) is 4.74. The van der Waals surface area contributed by atoms with Gasteiger partial charge in [-0.1, -0.05) is 22.9 Å². The predicted molar refractivity (Wildman–Crippen MR) is 52.5 cm³/mol. The lowest BCUT2D eigenvalue weighted by Gasteiger charge is -1.88. The van der Waals surface area contributed by atoms with Crippen LogP contribution in [0.5, 0.6) is 0 Å². The molecule has 0 saturated carbocycles. The molecule has 0 aliphatic rings. The molecule has 0 radical (unpaired) electrons. The largest absolute Gasteiger partial charge is 0.381 e. The van der Waals surface area contributed by atoms with Gasteiger partial charge < -0.3 is 4.42 Å². The topological polar surface area (TPSA) is 29.9 Å². The van der Waals surface area contributed by atoms with Gasteiger partial charge in [-0.3, -0.25) is 0 Å². The highest BCUT2D eigenvalue weighted by Crippen LogP contribution is 2.15. The number of nitrogens with zero attached hydrogens (tertiary/aromatic N) is 2. The summed E-state index contributed by atoms with van der Waals surface area (Å²) in [6.07, 6.45) is 0. The molecule has 0 bridgehead atoms. The monoisotopic (exact) mass is 189 g/mol. The average Bonchev–Trinajstić information content (AvgIpc) is 2.61. The molecular formula is C11H13N2O+. The molecule has 0 fully saturated rings. The first-order valence-corrected chi connectivity index (χ1v) is 4.74. The first kappa shape index (κ1) is 8.94. The van der Waals surface area contributed by atoms with Crippen LogP contribution in [0.25, 0.3) is 11.5 Å². The van der Waals surface area contributed by atoms with Gasteiger partial charge in [0.1, 0.15) is 0 Å². The lowest BCUT2D eigenvalue weighted by molar-refractivity contribution is -0.756. The molecule has 0 spiro atoms. The third-order valence-corrected chi connectivity index (χ3v) is 2.14. The number of rotatable bonds is 2. The quantitative estimate of drug-likeness (QED) is 0.676. The molecule has 3 nitrogen and oxygen atoms in total. The van der Waals surface area contributed by atoms with E-state index in [-0.39, 0.29) is 0 Å². The Morgan fingerprint density at radius 2 is 2.00 bits per heavy atom. The molecule has 72 valence electrons. The Kier molecular flexibility index (Phi) is 2.31. The third kappa shape index (κ3) is 1.53. The fraction of sp³-hybridized carbons (Fsp3) is 0.273. The summed E-state index contributed by atoms with van der Waals surface area (Å²) in [6, 6.07) is 9.92. The van der Waals surface area contributed by atoms with Gasteiger partial charge in [-0.15, -0.1) is 0 Å². The van der Waals surface area contributed by atoms with Crippen molar-refractivity contribution in [2.75, 3.05) is 0 Å². The molecule has 1 aromatic heterocycles. The van der Waals surface area contributed by atoms with E-state index in [9.17, 15) is 0 Å². The minimum atomic E-state index is 0.685. The Morgan fingerprint density at radius 1 is 1.29 bits per heavy atom. The zero-order valence-electron chi connectivity index (χ0n) is 8.40. The van der Waals surface area contributed by atoms with E-state index in [0.29, 0.717) is 5.89 Å².